The summed E-state index contributed by atoms with van der Waals surface area (Å²) < 4.78 is 27.9. The van der Waals surface area contributed by atoms with Gasteiger partial charge in [-0.2, -0.15) is 0 Å². The minimum Gasteiger partial charge on any atom is -0.412 e. The van der Waals surface area contributed by atoms with Crippen molar-refractivity contribution in [3.63, 3.8) is 0 Å². The lowest BCUT2D eigenvalue weighted by molar-refractivity contribution is -0.00497. The van der Waals surface area contributed by atoms with Crippen LogP contribution in [0.2, 0.25) is 0 Å². The lowest BCUT2D eigenvalue weighted by atomic mass is 9.68. The van der Waals surface area contributed by atoms with Crippen LogP contribution in [-0.2, 0) is 0 Å². The molecule has 0 heterocycles. The molecule has 2 rings (SSSR count). The predicted octanol–water partition coefficient (Wildman–Crippen LogP) is 5.15. The van der Waals surface area contributed by atoms with Gasteiger partial charge < -0.3 is 5.48 Å². The molecule has 1 nitrogen and oxygen atoms in total. The van der Waals surface area contributed by atoms with Crippen molar-refractivity contribution >= 4 is 0 Å². The van der Waals surface area contributed by atoms with Gasteiger partial charge in [-0.1, -0.05) is 26.5 Å². The molecule has 0 radical (unpaired) electrons. The average Bonchev–Trinajstić information content (AvgIpc) is 2.38. The van der Waals surface area contributed by atoms with Gasteiger partial charge in [-0.15, -0.1) is 0 Å². The molecule has 0 spiro atoms. The van der Waals surface area contributed by atoms with E-state index in [1.54, 1.807) is 0 Å². The maximum Gasteiger partial charge on any atom is 0.134 e. The van der Waals surface area contributed by atoms with Crippen molar-refractivity contribution in [2.24, 2.45) is 23.7 Å². The summed E-state index contributed by atoms with van der Waals surface area (Å²) in [5.74, 6) is 0.999. The van der Waals surface area contributed by atoms with Crippen molar-refractivity contribution in [1.82, 2.24) is 0 Å². The number of halogens is 2. The van der Waals surface area contributed by atoms with E-state index in [0.717, 1.165) is 38.5 Å². The van der Waals surface area contributed by atoms with E-state index in [1.807, 2.05) is 6.92 Å². The molecule has 0 amide bonds. The number of hydrogen-bond donors (Lipinski definition) is 0. The highest BCUT2D eigenvalue weighted by Crippen LogP contribution is 2.43. The summed E-state index contributed by atoms with van der Waals surface area (Å²) in [5, 5.41) is 0. The summed E-state index contributed by atoms with van der Waals surface area (Å²) in [6.07, 6.45) is 8.18. The average molecular weight is 292 g/mol. The highest BCUT2D eigenvalue weighted by molar-refractivity contribution is 4.94. The van der Waals surface area contributed by atoms with E-state index in [2.05, 4.69) is 19.1 Å². The highest BCUT2D eigenvalue weighted by Gasteiger charge is 2.42. The summed E-state index contributed by atoms with van der Waals surface area (Å²) in [4.78, 5) is 0. The molecule has 122 valence electrons. The van der Waals surface area contributed by atoms with Gasteiger partial charge in [0.1, 0.15) is 12.3 Å². The van der Waals surface area contributed by atoms with E-state index in [9.17, 15) is 8.78 Å². The molecule has 3 heteroatoms. The zero-order chi connectivity index (χ0) is 13.1. The Morgan fingerprint density at radius 3 is 2.10 bits per heavy atom. The van der Waals surface area contributed by atoms with Crippen molar-refractivity contribution in [3.05, 3.63) is 12.2 Å². The van der Waals surface area contributed by atoms with Gasteiger partial charge in [0.05, 0.1) is 0 Å². The minimum atomic E-state index is -1.22. The molecule has 0 aliphatic heterocycles. The topological polar surface area (TPSA) is 31.5 Å². The quantitative estimate of drug-likeness (QED) is 0.630. The lowest BCUT2D eigenvalue weighted by Crippen LogP contribution is -2.41. The van der Waals surface area contributed by atoms with Crippen molar-refractivity contribution in [2.75, 3.05) is 0 Å². The summed E-state index contributed by atoms with van der Waals surface area (Å²) in [5.41, 5.74) is 0. The first-order chi connectivity index (χ1) is 8.63. The molecule has 4 unspecified atom stereocenters. The van der Waals surface area contributed by atoms with Gasteiger partial charge in [0.25, 0.3) is 0 Å². The van der Waals surface area contributed by atoms with Crippen LogP contribution in [0.15, 0.2) is 12.2 Å². The molecule has 2 aliphatic carbocycles. The largest absolute Gasteiger partial charge is 0.412 e. The van der Waals surface area contributed by atoms with Gasteiger partial charge in [-0.25, -0.2) is 8.78 Å². The Bertz CT molecular complexity index is 291. The predicted molar refractivity (Wildman–Crippen MR) is 84.4 cm³/mol. The maximum absolute atomic E-state index is 14.1. The minimum absolute atomic E-state index is 0. The van der Waals surface area contributed by atoms with Crippen LogP contribution in [0.1, 0.15) is 61.2 Å². The third kappa shape index (κ3) is 4.28. The molecule has 0 aromatic carbocycles. The number of allylic oxidation sites excluding steroid dienone is 2. The summed E-state index contributed by atoms with van der Waals surface area (Å²) in [6.45, 7) is 3.90. The van der Waals surface area contributed by atoms with Crippen molar-refractivity contribution in [3.8, 4) is 0 Å². The molecule has 2 fully saturated rings. The number of hydrogen-bond acceptors (Lipinski definition) is 0. The van der Waals surface area contributed by atoms with Crippen LogP contribution in [0.25, 0.3) is 0 Å². The Hall–Kier alpha value is -0.440. The van der Waals surface area contributed by atoms with Crippen LogP contribution in [0.3, 0.4) is 0 Å². The van der Waals surface area contributed by atoms with Crippen LogP contribution in [-0.4, -0.2) is 17.8 Å². The van der Waals surface area contributed by atoms with Gasteiger partial charge >= 0.3 is 0 Å². The summed E-state index contributed by atoms with van der Waals surface area (Å²) in [6, 6.07) is 0. The van der Waals surface area contributed by atoms with Crippen LogP contribution < -0.4 is 0 Å². The molecule has 0 aromatic rings. The van der Waals surface area contributed by atoms with Gasteiger partial charge in [0, 0.05) is 1.43 Å². The van der Waals surface area contributed by atoms with E-state index in [0.29, 0.717) is 11.8 Å². The zero-order valence-electron chi connectivity index (χ0n) is 12.1. The summed E-state index contributed by atoms with van der Waals surface area (Å²) >= 11 is 0. The Balaban J connectivity index is 0. The molecule has 2 aliphatic rings. The standard InChI is InChI=1S/C16H26F2.CH4.H2O.H2/c1-3-4-12-6-8-13(9-7-12)14-10-5-11(2)15(17)16(14)18;;;/h3-4,11-16H,5-10H2,1-2H3;1H4;1H2;1H/b4-3+;;;. The molecule has 0 aromatic heterocycles. The monoisotopic (exact) mass is 292 g/mol. The molecule has 2 saturated carbocycles. The molecular weight excluding hydrogens is 258 g/mol. The molecule has 0 saturated heterocycles. The maximum atomic E-state index is 14.1. The van der Waals surface area contributed by atoms with Crippen LogP contribution >= 0.6 is 0 Å². The highest BCUT2D eigenvalue weighted by atomic mass is 19.2. The fourth-order valence-electron chi connectivity index (χ4n) is 3.86. The second-order valence-corrected chi connectivity index (χ2v) is 6.31. The van der Waals surface area contributed by atoms with Crippen LogP contribution in [0.5, 0.6) is 0 Å². The Morgan fingerprint density at radius 2 is 1.55 bits per heavy atom. The van der Waals surface area contributed by atoms with Crippen molar-refractivity contribution in [1.29, 1.82) is 0 Å². The number of rotatable bonds is 2. The smallest absolute Gasteiger partial charge is 0.134 e. The second kappa shape index (κ2) is 8.76. The van der Waals surface area contributed by atoms with E-state index >= 15 is 0 Å². The fraction of sp³-hybridized carbons (Fsp3) is 0.882. The molecule has 20 heavy (non-hydrogen) atoms. The fourth-order valence-corrected chi connectivity index (χ4v) is 3.86. The van der Waals surface area contributed by atoms with Gasteiger partial charge in [-0.05, 0) is 69.1 Å². The first kappa shape index (κ1) is 19.6. The van der Waals surface area contributed by atoms with Crippen molar-refractivity contribution < 1.29 is 15.7 Å². The van der Waals surface area contributed by atoms with Gasteiger partial charge in [0.15, 0.2) is 0 Å². The molecule has 0 bridgehead atoms. The third-order valence-corrected chi connectivity index (χ3v) is 5.10. The zero-order valence-corrected chi connectivity index (χ0v) is 12.1. The van der Waals surface area contributed by atoms with Gasteiger partial charge in [-0.3, -0.25) is 0 Å². The summed E-state index contributed by atoms with van der Waals surface area (Å²) in [7, 11) is 0. The van der Waals surface area contributed by atoms with E-state index in [1.165, 1.54) is 0 Å². The Labute approximate surface area is 124 Å². The lowest BCUT2D eigenvalue weighted by Gasteiger charge is -2.40. The Kier molecular flexibility index (Phi) is 8.57. The first-order valence-corrected chi connectivity index (χ1v) is 7.54. The molecule has 4 atom stereocenters. The molecular formula is C17H34F2O. The second-order valence-electron chi connectivity index (χ2n) is 6.31. The van der Waals surface area contributed by atoms with E-state index in [-0.39, 0.29) is 26.2 Å². The number of alkyl halides is 2. The SMILES string of the molecule is C.C/C=C/C1CCC(C2CCC(C)C(F)C2F)CC1.O.[HH]. The van der Waals surface area contributed by atoms with Crippen LogP contribution in [0, 0.1) is 23.7 Å². The van der Waals surface area contributed by atoms with Crippen LogP contribution in [0.4, 0.5) is 8.78 Å². The Morgan fingerprint density at radius 1 is 0.950 bits per heavy atom. The first-order valence-electron chi connectivity index (χ1n) is 7.54. The van der Waals surface area contributed by atoms with Gasteiger partial charge in [0.2, 0.25) is 0 Å². The van der Waals surface area contributed by atoms with E-state index < -0.39 is 12.3 Å². The third-order valence-electron chi connectivity index (χ3n) is 5.10. The molecule has 2 N–H and O–H groups in total. The normalized spacial score (nSPS) is 41.8. The van der Waals surface area contributed by atoms with E-state index in [4.69, 9.17) is 0 Å². The van der Waals surface area contributed by atoms with Crippen molar-refractivity contribution in [2.45, 2.75) is 72.1 Å².